The molecule has 0 aromatic rings. The van der Waals surface area contributed by atoms with Gasteiger partial charge in [0.2, 0.25) is 5.91 Å². The molecule has 2 aliphatic rings. The number of rotatable bonds is 5. The van der Waals surface area contributed by atoms with Crippen LogP contribution in [0, 0.1) is 0 Å². The molecule has 0 aromatic carbocycles. The van der Waals surface area contributed by atoms with Crippen LogP contribution < -0.4 is 5.32 Å². The summed E-state index contributed by atoms with van der Waals surface area (Å²) in [5.41, 5.74) is -0.746. The summed E-state index contributed by atoms with van der Waals surface area (Å²) < 4.78 is 5.63. The van der Waals surface area contributed by atoms with Gasteiger partial charge in [-0.2, -0.15) is 0 Å². The van der Waals surface area contributed by atoms with Gasteiger partial charge >= 0.3 is 0 Å². The second-order valence-corrected chi connectivity index (χ2v) is 6.09. The zero-order valence-corrected chi connectivity index (χ0v) is 11.8. The highest BCUT2D eigenvalue weighted by atomic mass is 16.5. The summed E-state index contributed by atoms with van der Waals surface area (Å²) in [5, 5.41) is 13.2. The Bertz CT molecular complexity index is 281. The minimum atomic E-state index is -0.746. The Morgan fingerprint density at radius 1 is 1.21 bits per heavy atom. The summed E-state index contributed by atoms with van der Waals surface area (Å²) >= 11 is 0. The molecule has 1 aliphatic carbocycles. The topological polar surface area (TPSA) is 58.6 Å². The zero-order chi connectivity index (χ0) is 13.6. The van der Waals surface area contributed by atoms with E-state index in [2.05, 4.69) is 5.32 Å². The normalized spacial score (nSPS) is 26.9. The molecule has 0 aromatic heterocycles. The predicted molar refractivity (Wildman–Crippen MR) is 73.9 cm³/mol. The van der Waals surface area contributed by atoms with Gasteiger partial charge in [-0.3, -0.25) is 4.79 Å². The van der Waals surface area contributed by atoms with E-state index in [9.17, 15) is 9.90 Å². The monoisotopic (exact) mass is 269 g/mol. The molecule has 1 aliphatic heterocycles. The van der Waals surface area contributed by atoms with Crippen LogP contribution in [-0.4, -0.2) is 35.9 Å². The fraction of sp³-hybridized carbons (Fsp3) is 0.933. The number of carbonyl (C=O) groups is 1. The van der Waals surface area contributed by atoms with Crippen molar-refractivity contribution in [2.24, 2.45) is 0 Å². The van der Waals surface area contributed by atoms with Crippen molar-refractivity contribution in [1.82, 2.24) is 5.32 Å². The first-order valence-electron chi connectivity index (χ1n) is 7.79. The first kappa shape index (κ1) is 14.8. The molecule has 2 N–H and O–H groups in total. The van der Waals surface area contributed by atoms with Crippen LogP contribution >= 0.6 is 0 Å². The third-order valence-corrected chi connectivity index (χ3v) is 4.34. The van der Waals surface area contributed by atoms with E-state index in [0.29, 0.717) is 12.6 Å². The molecule has 4 heteroatoms. The number of hydrogen-bond acceptors (Lipinski definition) is 3. The van der Waals surface area contributed by atoms with Crippen LogP contribution in [0.3, 0.4) is 0 Å². The molecule has 1 saturated carbocycles. The van der Waals surface area contributed by atoms with Crippen molar-refractivity contribution in [2.75, 3.05) is 13.2 Å². The van der Waals surface area contributed by atoms with E-state index in [-0.39, 0.29) is 12.3 Å². The number of ether oxygens (including phenoxy) is 1. The van der Waals surface area contributed by atoms with Crippen molar-refractivity contribution >= 4 is 5.91 Å². The highest BCUT2D eigenvalue weighted by Gasteiger charge is 2.31. The van der Waals surface area contributed by atoms with Crippen molar-refractivity contribution in [3.05, 3.63) is 0 Å². The molecule has 0 bridgehead atoms. The van der Waals surface area contributed by atoms with Gasteiger partial charge in [-0.05, 0) is 38.5 Å². The molecule has 4 nitrogen and oxygen atoms in total. The molecule has 1 amide bonds. The lowest BCUT2D eigenvalue weighted by molar-refractivity contribution is -0.127. The summed E-state index contributed by atoms with van der Waals surface area (Å²) in [5.74, 6) is -0.0137. The maximum absolute atomic E-state index is 11.8. The summed E-state index contributed by atoms with van der Waals surface area (Å²) in [6, 6.07) is 0. The van der Waals surface area contributed by atoms with E-state index in [1.165, 1.54) is 12.8 Å². The number of carbonyl (C=O) groups excluding carboxylic acids is 1. The first-order chi connectivity index (χ1) is 9.18. The average Bonchev–Trinajstić information content (AvgIpc) is 2.40. The third-order valence-electron chi connectivity index (χ3n) is 4.34. The van der Waals surface area contributed by atoms with Gasteiger partial charge in [0.25, 0.3) is 0 Å². The van der Waals surface area contributed by atoms with Gasteiger partial charge in [0.15, 0.2) is 0 Å². The molecule has 1 heterocycles. The maximum Gasteiger partial charge on any atom is 0.222 e. The molecular formula is C15H27NO3. The SMILES string of the molecule is O=C(CC1(O)CCCCC1)NCCC1CCCCO1. The first-order valence-corrected chi connectivity index (χ1v) is 7.79. The molecule has 1 unspecified atom stereocenters. The lowest BCUT2D eigenvalue weighted by Crippen LogP contribution is -2.39. The summed E-state index contributed by atoms with van der Waals surface area (Å²) in [6.07, 6.45) is 9.78. The summed E-state index contributed by atoms with van der Waals surface area (Å²) in [7, 11) is 0. The van der Waals surface area contributed by atoms with E-state index in [4.69, 9.17) is 4.74 Å². The van der Waals surface area contributed by atoms with Crippen LogP contribution in [0.2, 0.25) is 0 Å². The molecule has 110 valence electrons. The third kappa shape index (κ3) is 5.11. The van der Waals surface area contributed by atoms with Crippen LogP contribution in [0.25, 0.3) is 0 Å². The van der Waals surface area contributed by atoms with Crippen LogP contribution in [-0.2, 0) is 9.53 Å². The minimum absolute atomic E-state index is 0.0137. The summed E-state index contributed by atoms with van der Waals surface area (Å²) in [6.45, 7) is 1.53. The van der Waals surface area contributed by atoms with E-state index in [0.717, 1.165) is 51.6 Å². The Morgan fingerprint density at radius 2 is 2.00 bits per heavy atom. The van der Waals surface area contributed by atoms with Crippen molar-refractivity contribution in [3.8, 4) is 0 Å². The molecule has 19 heavy (non-hydrogen) atoms. The highest BCUT2D eigenvalue weighted by Crippen LogP contribution is 2.30. The molecule has 2 fully saturated rings. The highest BCUT2D eigenvalue weighted by molar-refractivity contribution is 5.76. The molecule has 2 rings (SSSR count). The van der Waals surface area contributed by atoms with Gasteiger partial charge in [0, 0.05) is 13.2 Å². The van der Waals surface area contributed by atoms with Crippen molar-refractivity contribution in [2.45, 2.75) is 75.9 Å². The molecule has 0 radical (unpaired) electrons. The van der Waals surface area contributed by atoms with Crippen molar-refractivity contribution in [1.29, 1.82) is 0 Å². The van der Waals surface area contributed by atoms with Gasteiger partial charge in [-0.25, -0.2) is 0 Å². The average molecular weight is 269 g/mol. The van der Waals surface area contributed by atoms with E-state index < -0.39 is 5.60 Å². The van der Waals surface area contributed by atoms with Gasteiger partial charge in [-0.15, -0.1) is 0 Å². The standard InChI is InChI=1S/C15H27NO3/c17-14(12-15(18)8-3-1-4-9-15)16-10-7-13-6-2-5-11-19-13/h13,18H,1-12H2,(H,16,17). The molecule has 0 spiro atoms. The maximum atomic E-state index is 11.8. The lowest BCUT2D eigenvalue weighted by atomic mass is 9.82. The Kier molecular flexibility index (Phi) is 5.64. The second kappa shape index (κ2) is 7.25. The van der Waals surface area contributed by atoms with Crippen LogP contribution in [0.15, 0.2) is 0 Å². The molecule has 1 atom stereocenters. The Morgan fingerprint density at radius 3 is 2.68 bits per heavy atom. The quantitative estimate of drug-likeness (QED) is 0.804. The lowest BCUT2D eigenvalue weighted by Gasteiger charge is -2.31. The van der Waals surface area contributed by atoms with Crippen molar-refractivity contribution in [3.63, 3.8) is 0 Å². The Balaban J connectivity index is 1.61. The van der Waals surface area contributed by atoms with E-state index in [1.54, 1.807) is 0 Å². The van der Waals surface area contributed by atoms with Gasteiger partial charge < -0.3 is 15.2 Å². The smallest absolute Gasteiger partial charge is 0.222 e. The number of nitrogens with one attached hydrogen (secondary N) is 1. The number of hydrogen-bond donors (Lipinski definition) is 2. The van der Waals surface area contributed by atoms with Crippen LogP contribution in [0.5, 0.6) is 0 Å². The van der Waals surface area contributed by atoms with Crippen LogP contribution in [0.1, 0.15) is 64.2 Å². The van der Waals surface area contributed by atoms with Crippen molar-refractivity contribution < 1.29 is 14.6 Å². The fourth-order valence-corrected chi connectivity index (χ4v) is 3.16. The van der Waals surface area contributed by atoms with E-state index >= 15 is 0 Å². The van der Waals surface area contributed by atoms with Gasteiger partial charge in [-0.1, -0.05) is 19.3 Å². The number of amides is 1. The fourth-order valence-electron chi connectivity index (χ4n) is 3.16. The Labute approximate surface area is 115 Å². The number of aliphatic hydroxyl groups is 1. The summed E-state index contributed by atoms with van der Waals surface area (Å²) in [4.78, 5) is 11.8. The predicted octanol–water partition coefficient (Wildman–Crippen LogP) is 2.15. The largest absolute Gasteiger partial charge is 0.389 e. The molecular weight excluding hydrogens is 242 g/mol. The van der Waals surface area contributed by atoms with Gasteiger partial charge in [0.1, 0.15) is 0 Å². The molecule has 1 saturated heterocycles. The van der Waals surface area contributed by atoms with E-state index in [1.807, 2.05) is 0 Å². The Hall–Kier alpha value is -0.610. The second-order valence-electron chi connectivity index (χ2n) is 6.09. The van der Waals surface area contributed by atoms with Crippen LogP contribution in [0.4, 0.5) is 0 Å². The minimum Gasteiger partial charge on any atom is -0.389 e. The zero-order valence-electron chi connectivity index (χ0n) is 11.8. The van der Waals surface area contributed by atoms with Gasteiger partial charge in [0.05, 0.1) is 18.1 Å².